The highest BCUT2D eigenvalue weighted by molar-refractivity contribution is 5.69. The summed E-state index contributed by atoms with van der Waals surface area (Å²) in [6.07, 6.45) is 3.45. The SMILES string of the molecule is CC(C)(C)OC(=O)Cn1ccc(N)c1. The quantitative estimate of drug-likeness (QED) is 0.727. The second-order valence-electron chi connectivity index (χ2n) is 4.20. The van der Waals surface area contributed by atoms with Crippen LogP contribution in [-0.2, 0) is 16.1 Å². The van der Waals surface area contributed by atoms with Crippen LogP contribution in [0.4, 0.5) is 5.69 Å². The van der Waals surface area contributed by atoms with E-state index < -0.39 is 5.60 Å². The Balaban J connectivity index is 2.50. The molecular formula is C10H16N2O2. The molecule has 1 aromatic heterocycles. The number of hydrogen-bond acceptors (Lipinski definition) is 3. The van der Waals surface area contributed by atoms with Gasteiger partial charge in [0.15, 0.2) is 0 Å². The van der Waals surface area contributed by atoms with Gasteiger partial charge >= 0.3 is 5.97 Å². The van der Waals surface area contributed by atoms with Crippen molar-refractivity contribution >= 4 is 11.7 Å². The zero-order valence-corrected chi connectivity index (χ0v) is 8.78. The molecule has 0 bridgehead atoms. The van der Waals surface area contributed by atoms with Gasteiger partial charge in [0.25, 0.3) is 0 Å². The van der Waals surface area contributed by atoms with Crippen LogP contribution in [0.25, 0.3) is 0 Å². The maximum Gasteiger partial charge on any atom is 0.326 e. The van der Waals surface area contributed by atoms with E-state index >= 15 is 0 Å². The number of esters is 1. The summed E-state index contributed by atoms with van der Waals surface area (Å²) in [6, 6.07) is 1.74. The summed E-state index contributed by atoms with van der Waals surface area (Å²) in [4.78, 5) is 11.4. The first-order valence-electron chi connectivity index (χ1n) is 4.50. The predicted octanol–water partition coefficient (Wildman–Crippen LogP) is 1.41. The summed E-state index contributed by atoms with van der Waals surface area (Å²) < 4.78 is 6.85. The third-order valence-corrected chi connectivity index (χ3v) is 1.51. The molecule has 1 aromatic rings. The molecule has 4 heteroatoms. The number of aromatic nitrogens is 1. The van der Waals surface area contributed by atoms with Gasteiger partial charge in [-0.1, -0.05) is 0 Å². The fraction of sp³-hybridized carbons (Fsp3) is 0.500. The van der Waals surface area contributed by atoms with Crippen molar-refractivity contribution in [2.24, 2.45) is 0 Å². The fourth-order valence-electron chi connectivity index (χ4n) is 1.08. The third-order valence-electron chi connectivity index (χ3n) is 1.51. The minimum atomic E-state index is -0.435. The highest BCUT2D eigenvalue weighted by atomic mass is 16.6. The Morgan fingerprint density at radius 1 is 1.57 bits per heavy atom. The Morgan fingerprint density at radius 3 is 2.64 bits per heavy atom. The molecule has 78 valence electrons. The van der Waals surface area contributed by atoms with Gasteiger partial charge < -0.3 is 15.0 Å². The van der Waals surface area contributed by atoms with Gasteiger partial charge in [-0.2, -0.15) is 0 Å². The average Bonchev–Trinajstić information content (AvgIpc) is 2.30. The van der Waals surface area contributed by atoms with Crippen molar-refractivity contribution < 1.29 is 9.53 Å². The molecule has 0 aliphatic carbocycles. The standard InChI is InChI=1S/C10H16N2O2/c1-10(2,3)14-9(13)7-12-5-4-8(11)6-12/h4-6H,7,11H2,1-3H3. The van der Waals surface area contributed by atoms with Crippen LogP contribution in [0.5, 0.6) is 0 Å². The van der Waals surface area contributed by atoms with Gasteiger partial charge in [-0.25, -0.2) is 0 Å². The Morgan fingerprint density at radius 2 is 2.21 bits per heavy atom. The number of carbonyl (C=O) groups is 1. The molecule has 0 atom stereocenters. The first kappa shape index (κ1) is 10.6. The van der Waals surface area contributed by atoms with E-state index in [1.807, 2.05) is 20.8 Å². The number of carbonyl (C=O) groups excluding carboxylic acids is 1. The van der Waals surface area contributed by atoms with E-state index in [-0.39, 0.29) is 12.5 Å². The Hall–Kier alpha value is -1.45. The van der Waals surface area contributed by atoms with Gasteiger partial charge in [0.2, 0.25) is 0 Å². The molecule has 4 nitrogen and oxygen atoms in total. The van der Waals surface area contributed by atoms with Crippen LogP contribution in [0.1, 0.15) is 20.8 Å². The first-order chi connectivity index (χ1) is 6.37. The monoisotopic (exact) mass is 196 g/mol. The van der Waals surface area contributed by atoms with Crippen LogP contribution in [0.3, 0.4) is 0 Å². The van der Waals surface area contributed by atoms with E-state index in [2.05, 4.69) is 0 Å². The Labute approximate surface area is 83.7 Å². The van der Waals surface area contributed by atoms with Crippen LogP contribution >= 0.6 is 0 Å². The topological polar surface area (TPSA) is 57.2 Å². The van der Waals surface area contributed by atoms with E-state index in [1.54, 1.807) is 23.0 Å². The number of hydrogen-bond donors (Lipinski definition) is 1. The smallest absolute Gasteiger partial charge is 0.326 e. The number of rotatable bonds is 2. The van der Waals surface area contributed by atoms with Crippen molar-refractivity contribution in [1.29, 1.82) is 0 Å². The largest absolute Gasteiger partial charge is 0.459 e. The molecule has 2 N–H and O–H groups in total. The van der Waals surface area contributed by atoms with Crippen molar-refractivity contribution in [3.8, 4) is 0 Å². The summed E-state index contributed by atoms with van der Waals surface area (Å²) in [7, 11) is 0. The van der Waals surface area contributed by atoms with Crippen LogP contribution in [0.2, 0.25) is 0 Å². The van der Waals surface area contributed by atoms with Crippen molar-refractivity contribution in [3.63, 3.8) is 0 Å². The zero-order valence-electron chi connectivity index (χ0n) is 8.78. The zero-order chi connectivity index (χ0) is 10.8. The molecule has 0 aliphatic heterocycles. The lowest BCUT2D eigenvalue weighted by Gasteiger charge is -2.19. The first-order valence-corrected chi connectivity index (χ1v) is 4.50. The van der Waals surface area contributed by atoms with Gasteiger partial charge in [0, 0.05) is 18.1 Å². The highest BCUT2D eigenvalue weighted by Gasteiger charge is 2.16. The summed E-state index contributed by atoms with van der Waals surface area (Å²) in [5.41, 5.74) is 5.72. The lowest BCUT2D eigenvalue weighted by atomic mass is 10.2. The molecular weight excluding hydrogens is 180 g/mol. The minimum Gasteiger partial charge on any atom is -0.459 e. The minimum absolute atomic E-state index is 0.203. The maximum absolute atomic E-state index is 11.4. The Bertz CT molecular complexity index is 323. The molecule has 0 unspecified atom stereocenters. The molecule has 0 spiro atoms. The fourth-order valence-corrected chi connectivity index (χ4v) is 1.08. The second-order valence-corrected chi connectivity index (χ2v) is 4.20. The molecule has 1 heterocycles. The lowest BCUT2D eigenvalue weighted by molar-refractivity contribution is -0.155. The second kappa shape index (κ2) is 3.74. The molecule has 0 aromatic carbocycles. The lowest BCUT2D eigenvalue weighted by Crippen LogP contribution is -2.26. The maximum atomic E-state index is 11.4. The number of ether oxygens (including phenoxy) is 1. The molecule has 0 radical (unpaired) electrons. The summed E-state index contributed by atoms with van der Waals surface area (Å²) in [5, 5.41) is 0. The molecule has 0 aliphatic rings. The van der Waals surface area contributed by atoms with Gasteiger partial charge in [0.1, 0.15) is 12.1 Å². The molecule has 14 heavy (non-hydrogen) atoms. The van der Waals surface area contributed by atoms with Gasteiger partial charge in [0.05, 0.1) is 0 Å². The molecule has 0 fully saturated rings. The summed E-state index contributed by atoms with van der Waals surface area (Å²) in [5.74, 6) is -0.256. The number of anilines is 1. The third kappa shape index (κ3) is 3.51. The van der Waals surface area contributed by atoms with Gasteiger partial charge in [-0.05, 0) is 26.8 Å². The number of nitrogens with zero attached hydrogens (tertiary/aromatic N) is 1. The van der Waals surface area contributed by atoms with Crippen molar-refractivity contribution in [1.82, 2.24) is 4.57 Å². The molecule has 0 saturated carbocycles. The molecule has 0 amide bonds. The van der Waals surface area contributed by atoms with E-state index in [0.29, 0.717) is 5.69 Å². The number of nitrogen functional groups attached to an aromatic ring is 1. The summed E-state index contributed by atoms with van der Waals surface area (Å²) >= 11 is 0. The van der Waals surface area contributed by atoms with E-state index in [9.17, 15) is 4.79 Å². The van der Waals surface area contributed by atoms with Crippen molar-refractivity contribution in [3.05, 3.63) is 18.5 Å². The van der Waals surface area contributed by atoms with Crippen LogP contribution in [0, 0.1) is 0 Å². The van der Waals surface area contributed by atoms with Crippen LogP contribution < -0.4 is 5.73 Å². The molecule has 0 saturated heterocycles. The van der Waals surface area contributed by atoms with E-state index in [1.165, 1.54) is 0 Å². The predicted molar refractivity (Wildman–Crippen MR) is 54.7 cm³/mol. The van der Waals surface area contributed by atoms with Gasteiger partial charge in [-0.3, -0.25) is 4.79 Å². The normalized spacial score (nSPS) is 11.4. The average molecular weight is 196 g/mol. The van der Waals surface area contributed by atoms with Crippen LogP contribution in [-0.4, -0.2) is 16.1 Å². The molecule has 1 rings (SSSR count). The van der Waals surface area contributed by atoms with Crippen molar-refractivity contribution in [2.45, 2.75) is 32.9 Å². The van der Waals surface area contributed by atoms with E-state index in [0.717, 1.165) is 0 Å². The van der Waals surface area contributed by atoms with Gasteiger partial charge in [-0.15, -0.1) is 0 Å². The number of nitrogens with two attached hydrogens (primary N) is 1. The summed E-state index contributed by atoms with van der Waals surface area (Å²) in [6.45, 7) is 5.73. The van der Waals surface area contributed by atoms with Crippen LogP contribution in [0.15, 0.2) is 18.5 Å². The van der Waals surface area contributed by atoms with E-state index in [4.69, 9.17) is 10.5 Å². The Kier molecular flexibility index (Phi) is 2.84. The van der Waals surface area contributed by atoms with Crippen molar-refractivity contribution in [2.75, 3.05) is 5.73 Å². The highest BCUT2D eigenvalue weighted by Crippen LogP contribution is 2.08.